The van der Waals surface area contributed by atoms with E-state index >= 15 is 0 Å². The van der Waals surface area contributed by atoms with E-state index < -0.39 is 21.1 Å². The summed E-state index contributed by atoms with van der Waals surface area (Å²) in [5, 5.41) is 0. The fraction of sp³-hybridized carbons (Fsp3) is 0.0588. The molecule has 5 heteroatoms. The zero-order chi connectivity index (χ0) is 26.3. The van der Waals surface area contributed by atoms with Crippen molar-refractivity contribution < 1.29 is 36.2 Å². The van der Waals surface area contributed by atoms with Crippen LogP contribution >= 0.6 is 0 Å². The molecule has 2 aliphatic carbocycles. The molecule has 0 aromatic heterocycles. The number of hydrogen-bond donors (Lipinski definition) is 0. The molecule has 4 aromatic rings. The molecule has 2 aliphatic rings. The molecule has 0 N–H and O–H groups in total. The van der Waals surface area contributed by atoms with Crippen molar-refractivity contribution in [1.29, 1.82) is 0 Å². The van der Waals surface area contributed by atoms with Gasteiger partial charge >= 0.3 is 236 Å². The van der Waals surface area contributed by atoms with E-state index in [0.717, 1.165) is 11.5 Å². The van der Waals surface area contributed by atoms with E-state index in [9.17, 15) is 0 Å². The molecule has 4 aromatic carbocycles. The molecular weight excluding hydrogens is 564 g/mol. The Morgan fingerprint density at radius 2 is 0.718 bits per heavy atom. The quantitative estimate of drug-likeness (QED) is 0.184. The van der Waals surface area contributed by atoms with E-state index in [0.29, 0.717) is 23.0 Å². The Kier molecular flexibility index (Phi) is 7.60. The topological polar surface area (TPSA) is 36.9 Å². The van der Waals surface area contributed by atoms with Crippen LogP contribution in [0.4, 0.5) is 0 Å². The van der Waals surface area contributed by atoms with Crippen molar-refractivity contribution in [3.8, 4) is 34.5 Å². The average molecular weight is 592 g/mol. The van der Waals surface area contributed by atoms with Gasteiger partial charge in [-0.1, -0.05) is 0 Å². The number of benzene rings is 4. The Bertz CT molecular complexity index is 1380. The zero-order valence-electron chi connectivity index (χ0n) is 21.3. The minimum atomic E-state index is -4.26. The van der Waals surface area contributed by atoms with Gasteiger partial charge in [0.1, 0.15) is 0 Å². The minimum absolute atomic E-state index is 0.0197. The molecule has 0 saturated carbocycles. The maximum atomic E-state index is 7.18. The second-order valence-electron chi connectivity index (χ2n) is 9.24. The van der Waals surface area contributed by atoms with Crippen molar-refractivity contribution in [2.75, 3.05) is 0 Å². The second-order valence-corrected chi connectivity index (χ2v) is 17.1. The van der Waals surface area contributed by atoms with Crippen LogP contribution in [-0.4, -0.2) is 0 Å². The number of rotatable bonds is 10. The average Bonchev–Trinajstić information content (AvgIpc) is 3.72. The SMILES string of the molecule is C1=C[CH]([Zr]([O]c2ccccc2Oc2ccccc2)([O]c2ccccc2Oc2ccccc2)[CH]2C=CC=C2)C=C1. The van der Waals surface area contributed by atoms with Crippen LogP contribution < -0.4 is 15.1 Å². The predicted octanol–water partition coefficient (Wildman–Crippen LogP) is 9.54. The molecule has 0 radical (unpaired) electrons. The number of allylic oxidation sites excluding steroid dienone is 8. The van der Waals surface area contributed by atoms with Gasteiger partial charge in [-0.25, -0.2) is 0 Å². The third-order valence-corrected chi connectivity index (χ3v) is 15.7. The number of ether oxygens (including phenoxy) is 2. The molecule has 0 aliphatic heterocycles. The van der Waals surface area contributed by atoms with Crippen LogP contribution in [0.3, 0.4) is 0 Å². The van der Waals surface area contributed by atoms with Crippen LogP contribution in [0.5, 0.6) is 34.5 Å². The van der Waals surface area contributed by atoms with Gasteiger partial charge in [-0.05, 0) is 0 Å². The van der Waals surface area contributed by atoms with Crippen molar-refractivity contribution in [2.45, 2.75) is 7.25 Å². The van der Waals surface area contributed by atoms with Crippen molar-refractivity contribution in [3.63, 3.8) is 0 Å². The van der Waals surface area contributed by atoms with Gasteiger partial charge in [-0.15, -0.1) is 0 Å². The van der Waals surface area contributed by atoms with Crippen LogP contribution in [0.1, 0.15) is 0 Å². The molecule has 0 fully saturated rings. The van der Waals surface area contributed by atoms with Crippen molar-refractivity contribution in [3.05, 3.63) is 158 Å². The van der Waals surface area contributed by atoms with Gasteiger partial charge in [0.2, 0.25) is 0 Å². The summed E-state index contributed by atoms with van der Waals surface area (Å²) in [4.78, 5) is 0. The molecule has 0 heterocycles. The predicted molar refractivity (Wildman–Crippen MR) is 151 cm³/mol. The first-order valence-electron chi connectivity index (χ1n) is 13.0. The van der Waals surface area contributed by atoms with Gasteiger partial charge < -0.3 is 0 Å². The molecule has 0 bridgehead atoms. The third kappa shape index (κ3) is 5.69. The number of hydrogen-bond acceptors (Lipinski definition) is 4. The van der Waals surface area contributed by atoms with E-state index in [1.54, 1.807) is 0 Å². The summed E-state index contributed by atoms with van der Waals surface area (Å²) in [6.07, 6.45) is 17.1. The van der Waals surface area contributed by atoms with Crippen molar-refractivity contribution in [1.82, 2.24) is 0 Å². The van der Waals surface area contributed by atoms with Gasteiger partial charge in [0.15, 0.2) is 0 Å². The molecule has 0 saturated heterocycles. The molecule has 4 nitrogen and oxygen atoms in total. The summed E-state index contributed by atoms with van der Waals surface area (Å²) < 4.78 is 27.0. The fourth-order valence-electron chi connectivity index (χ4n) is 4.73. The van der Waals surface area contributed by atoms with Crippen LogP contribution in [0, 0.1) is 0 Å². The van der Waals surface area contributed by atoms with Gasteiger partial charge in [-0.2, -0.15) is 0 Å². The molecule has 0 unspecified atom stereocenters. The summed E-state index contributed by atoms with van der Waals surface area (Å²) in [5.41, 5.74) is 0. The van der Waals surface area contributed by atoms with E-state index in [1.165, 1.54) is 0 Å². The standard InChI is InChI=1S/2C12H10O2.2C5H5.Zr/c2*13-11-8-4-5-9-12(11)14-10-6-2-1-3-7-10;2*1-2-4-5-3-1;/h2*1-9,13H;2*1-5H;/q;;;;+2/p-2. The summed E-state index contributed by atoms with van der Waals surface area (Å²) in [6.45, 7) is 0. The van der Waals surface area contributed by atoms with Gasteiger partial charge in [0, 0.05) is 0 Å². The third-order valence-electron chi connectivity index (χ3n) is 6.60. The van der Waals surface area contributed by atoms with Gasteiger partial charge in [-0.3, -0.25) is 0 Å². The zero-order valence-corrected chi connectivity index (χ0v) is 23.8. The Morgan fingerprint density at radius 1 is 0.385 bits per heavy atom. The van der Waals surface area contributed by atoms with Crippen molar-refractivity contribution >= 4 is 0 Å². The molecule has 39 heavy (non-hydrogen) atoms. The Morgan fingerprint density at radius 3 is 1.10 bits per heavy atom. The second kappa shape index (κ2) is 11.8. The Labute approximate surface area is 234 Å². The first-order chi connectivity index (χ1) is 19.3. The maximum absolute atomic E-state index is 7.18. The molecule has 0 spiro atoms. The van der Waals surface area contributed by atoms with Crippen LogP contribution in [-0.2, 0) is 21.1 Å². The summed E-state index contributed by atoms with van der Waals surface area (Å²) in [5.74, 6) is 4.14. The van der Waals surface area contributed by atoms with E-state index in [1.807, 2.05) is 109 Å². The van der Waals surface area contributed by atoms with Gasteiger partial charge in [0.25, 0.3) is 0 Å². The van der Waals surface area contributed by atoms with E-state index in [4.69, 9.17) is 15.1 Å². The van der Waals surface area contributed by atoms with E-state index in [-0.39, 0.29) is 7.25 Å². The fourth-order valence-corrected chi connectivity index (χ4v) is 13.5. The van der Waals surface area contributed by atoms with Gasteiger partial charge in [0.05, 0.1) is 0 Å². The van der Waals surface area contributed by atoms with Crippen LogP contribution in [0.15, 0.2) is 158 Å². The van der Waals surface area contributed by atoms with Crippen LogP contribution in [0.2, 0.25) is 7.25 Å². The first-order valence-corrected chi connectivity index (χ1v) is 17.9. The molecule has 0 atom stereocenters. The Hall–Kier alpha value is -4.08. The van der Waals surface area contributed by atoms with Crippen LogP contribution in [0.25, 0.3) is 0 Å². The monoisotopic (exact) mass is 590 g/mol. The molecule has 192 valence electrons. The normalized spacial score (nSPS) is 14.6. The molecule has 0 amide bonds. The number of para-hydroxylation sites is 6. The summed E-state index contributed by atoms with van der Waals surface area (Å²) in [6, 6.07) is 35.2. The van der Waals surface area contributed by atoms with E-state index in [2.05, 4.69) is 48.6 Å². The Balaban J connectivity index is 1.42. The first kappa shape index (κ1) is 25.2. The molecular formula is C34H28O4Zr. The summed E-state index contributed by atoms with van der Waals surface area (Å²) in [7, 11) is 0. The van der Waals surface area contributed by atoms with Crippen molar-refractivity contribution in [2.24, 2.45) is 0 Å². The summed E-state index contributed by atoms with van der Waals surface area (Å²) >= 11 is -4.26. The molecule has 6 rings (SSSR count).